The van der Waals surface area contributed by atoms with Gasteiger partial charge in [-0.1, -0.05) is 6.07 Å². The van der Waals surface area contributed by atoms with Crippen molar-refractivity contribution in [2.75, 3.05) is 0 Å². The topological polar surface area (TPSA) is 89.2 Å². The summed E-state index contributed by atoms with van der Waals surface area (Å²) in [7, 11) is 0. The fourth-order valence-corrected chi connectivity index (χ4v) is 2.71. The maximum absolute atomic E-state index is 11.1. The minimum absolute atomic E-state index is 0.0500. The maximum Gasteiger partial charge on any atom is 0.283 e. The molecule has 6 nitrogen and oxygen atoms in total. The number of nitro benzene ring substituents is 1. The predicted octanol–water partition coefficient (Wildman–Crippen LogP) is 2.95. The van der Waals surface area contributed by atoms with Gasteiger partial charge in [-0.3, -0.25) is 10.1 Å². The van der Waals surface area contributed by atoms with Gasteiger partial charge in [0.1, 0.15) is 0 Å². The Morgan fingerprint density at radius 2 is 1.86 bits per heavy atom. The van der Waals surface area contributed by atoms with Crippen LogP contribution in [0.1, 0.15) is 22.5 Å². The Morgan fingerprint density at radius 1 is 1.24 bits per heavy atom. The second-order valence-corrected chi connectivity index (χ2v) is 5.63. The Balaban J connectivity index is 2.42. The van der Waals surface area contributed by atoms with Crippen molar-refractivity contribution >= 4 is 17.4 Å². The van der Waals surface area contributed by atoms with E-state index in [0.717, 1.165) is 28.7 Å². The lowest BCUT2D eigenvalue weighted by Crippen LogP contribution is -1.99. The van der Waals surface area contributed by atoms with Gasteiger partial charge in [0.2, 0.25) is 0 Å². The zero-order valence-corrected chi connectivity index (χ0v) is 12.8. The molecule has 1 N–H and O–H groups in total. The highest BCUT2D eigenvalue weighted by atomic mass is 32.2. The van der Waals surface area contributed by atoms with Gasteiger partial charge in [0.05, 0.1) is 16.4 Å². The first-order valence-corrected chi connectivity index (χ1v) is 7.12. The minimum atomic E-state index is -0.463. The molecule has 0 spiro atoms. The summed E-state index contributed by atoms with van der Waals surface area (Å²) in [6, 6.07) is 4.64. The summed E-state index contributed by atoms with van der Waals surface area (Å²) in [5.41, 5.74) is 3.19. The Kier molecular flexibility index (Phi) is 4.54. The number of nitro groups is 1. The summed E-state index contributed by atoms with van der Waals surface area (Å²) in [6.45, 7) is 5.48. The van der Waals surface area contributed by atoms with Gasteiger partial charge in [-0.15, -0.1) is 0 Å². The number of aliphatic hydroxyl groups excluding tert-OH is 1. The third kappa shape index (κ3) is 3.37. The van der Waals surface area contributed by atoms with Gasteiger partial charge in [-0.05, 0) is 49.7 Å². The SMILES string of the molecule is Cc1nc(Sc2ccc(CO)cc2[N+](=O)[O-])nc(C)c1C. The van der Waals surface area contributed by atoms with Crippen molar-refractivity contribution in [3.05, 3.63) is 50.8 Å². The molecule has 2 aromatic rings. The predicted molar refractivity (Wildman–Crippen MR) is 79.4 cm³/mol. The molecular formula is C14H15N3O3S. The van der Waals surface area contributed by atoms with Crippen molar-refractivity contribution in [3.8, 4) is 0 Å². The molecule has 0 saturated carbocycles. The highest BCUT2D eigenvalue weighted by molar-refractivity contribution is 7.99. The molecule has 0 aliphatic rings. The molecule has 0 aliphatic carbocycles. The van der Waals surface area contributed by atoms with Crippen LogP contribution in [0.25, 0.3) is 0 Å². The van der Waals surface area contributed by atoms with Crippen LogP contribution in [-0.2, 0) is 6.61 Å². The Bertz CT molecular complexity index is 681. The monoisotopic (exact) mass is 305 g/mol. The van der Waals surface area contributed by atoms with Crippen LogP contribution in [0.4, 0.5) is 5.69 Å². The molecule has 0 radical (unpaired) electrons. The smallest absolute Gasteiger partial charge is 0.283 e. The van der Waals surface area contributed by atoms with Crippen LogP contribution in [0.3, 0.4) is 0 Å². The molecule has 0 bridgehead atoms. The van der Waals surface area contributed by atoms with Crippen molar-refractivity contribution in [3.63, 3.8) is 0 Å². The first kappa shape index (κ1) is 15.4. The van der Waals surface area contributed by atoms with Gasteiger partial charge in [0.15, 0.2) is 5.16 Å². The van der Waals surface area contributed by atoms with Crippen LogP contribution in [0.5, 0.6) is 0 Å². The summed E-state index contributed by atoms with van der Waals surface area (Å²) in [5.74, 6) is 0. The molecular weight excluding hydrogens is 290 g/mol. The molecule has 0 saturated heterocycles. The van der Waals surface area contributed by atoms with Crippen LogP contribution in [-0.4, -0.2) is 20.0 Å². The number of rotatable bonds is 4. The number of hydrogen-bond acceptors (Lipinski definition) is 6. The average Bonchev–Trinajstić information content (AvgIpc) is 2.44. The van der Waals surface area contributed by atoms with Gasteiger partial charge >= 0.3 is 0 Å². The molecule has 0 atom stereocenters. The van der Waals surface area contributed by atoms with E-state index < -0.39 is 4.92 Å². The van der Waals surface area contributed by atoms with E-state index in [1.807, 2.05) is 20.8 Å². The van der Waals surface area contributed by atoms with E-state index in [1.54, 1.807) is 12.1 Å². The Labute approximate surface area is 126 Å². The summed E-state index contributed by atoms with van der Waals surface area (Å²) >= 11 is 1.15. The Morgan fingerprint density at radius 3 is 2.38 bits per heavy atom. The summed E-state index contributed by atoms with van der Waals surface area (Å²) < 4.78 is 0. The zero-order valence-electron chi connectivity index (χ0n) is 12.0. The van der Waals surface area contributed by atoms with E-state index in [2.05, 4.69) is 9.97 Å². The lowest BCUT2D eigenvalue weighted by molar-refractivity contribution is -0.387. The van der Waals surface area contributed by atoms with Crippen molar-refractivity contribution in [1.82, 2.24) is 9.97 Å². The molecule has 110 valence electrons. The molecule has 7 heteroatoms. The van der Waals surface area contributed by atoms with E-state index in [1.165, 1.54) is 6.07 Å². The average molecular weight is 305 g/mol. The van der Waals surface area contributed by atoms with Gasteiger partial charge < -0.3 is 5.11 Å². The molecule has 0 amide bonds. The molecule has 0 aliphatic heterocycles. The first-order chi connectivity index (χ1) is 9.92. The summed E-state index contributed by atoms with van der Waals surface area (Å²) in [5, 5.41) is 20.7. The molecule has 2 rings (SSSR count). The van der Waals surface area contributed by atoms with Crippen molar-refractivity contribution in [2.24, 2.45) is 0 Å². The van der Waals surface area contributed by atoms with E-state index in [4.69, 9.17) is 5.11 Å². The quantitative estimate of drug-likeness (QED) is 0.530. The molecule has 1 heterocycles. The second-order valence-electron chi connectivity index (χ2n) is 4.62. The Hall–Kier alpha value is -1.99. The number of aryl methyl sites for hydroxylation is 2. The van der Waals surface area contributed by atoms with Crippen LogP contribution in [0.15, 0.2) is 28.3 Å². The number of aromatic nitrogens is 2. The van der Waals surface area contributed by atoms with Gasteiger partial charge in [-0.25, -0.2) is 9.97 Å². The fraction of sp³-hybridized carbons (Fsp3) is 0.286. The molecule has 0 fully saturated rings. The first-order valence-electron chi connectivity index (χ1n) is 6.30. The number of nitrogens with zero attached hydrogens (tertiary/aromatic N) is 3. The largest absolute Gasteiger partial charge is 0.392 e. The number of aliphatic hydroxyl groups is 1. The van der Waals surface area contributed by atoms with Crippen LogP contribution in [0, 0.1) is 30.9 Å². The fourth-order valence-electron chi connectivity index (χ4n) is 1.78. The number of benzene rings is 1. The maximum atomic E-state index is 11.1. The van der Waals surface area contributed by atoms with Crippen molar-refractivity contribution in [1.29, 1.82) is 0 Å². The van der Waals surface area contributed by atoms with Crippen LogP contribution < -0.4 is 0 Å². The lowest BCUT2D eigenvalue weighted by atomic mass is 10.2. The normalized spacial score (nSPS) is 10.7. The molecule has 1 aromatic heterocycles. The van der Waals surface area contributed by atoms with E-state index in [-0.39, 0.29) is 12.3 Å². The van der Waals surface area contributed by atoms with Crippen molar-refractivity contribution < 1.29 is 10.0 Å². The summed E-state index contributed by atoms with van der Waals surface area (Å²) in [4.78, 5) is 19.8. The van der Waals surface area contributed by atoms with Gasteiger partial charge in [0.25, 0.3) is 5.69 Å². The third-order valence-corrected chi connectivity index (χ3v) is 4.15. The highest BCUT2D eigenvalue weighted by Crippen LogP contribution is 2.34. The van der Waals surface area contributed by atoms with Gasteiger partial charge in [-0.2, -0.15) is 0 Å². The number of hydrogen-bond donors (Lipinski definition) is 1. The molecule has 21 heavy (non-hydrogen) atoms. The highest BCUT2D eigenvalue weighted by Gasteiger charge is 2.17. The molecule has 1 aromatic carbocycles. The summed E-state index contributed by atoms with van der Waals surface area (Å²) in [6.07, 6.45) is 0. The van der Waals surface area contributed by atoms with E-state index in [0.29, 0.717) is 15.6 Å². The zero-order chi connectivity index (χ0) is 15.6. The molecule has 0 unspecified atom stereocenters. The van der Waals surface area contributed by atoms with E-state index in [9.17, 15) is 10.1 Å². The minimum Gasteiger partial charge on any atom is -0.392 e. The van der Waals surface area contributed by atoms with Crippen molar-refractivity contribution in [2.45, 2.75) is 37.4 Å². The second kappa shape index (κ2) is 6.19. The van der Waals surface area contributed by atoms with Crippen LogP contribution >= 0.6 is 11.8 Å². The van der Waals surface area contributed by atoms with Crippen LogP contribution in [0.2, 0.25) is 0 Å². The van der Waals surface area contributed by atoms with Gasteiger partial charge in [0, 0.05) is 17.5 Å². The van der Waals surface area contributed by atoms with E-state index >= 15 is 0 Å². The standard InChI is InChI=1S/C14H15N3O3S/c1-8-9(2)15-14(16-10(8)3)21-13-5-4-11(7-18)6-12(13)17(19)20/h4-6,18H,7H2,1-3H3. The third-order valence-electron chi connectivity index (χ3n) is 3.22. The lowest BCUT2D eigenvalue weighted by Gasteiger charge is -2.07.